The van der Waals surface area contributed by atoms with Crippen molar-refractivity contribution in [1.29, 1.82) is 0 Å². The van der Waals surface area contributed by atoms with Gasteiger partial charge in [-0.05, 0) is 56.7 Å². The molecule has 1 unspecified atom stereocenters. The normalized spacial score (nSPS) is 26.5. The van der Waals surface area contributed by atoms with E-state index in [0.29, 0.717) is 6.42 Å². The molecule has 0 radical (unpaired) electrons. The largest absolute Gasteiger partial charge is 0.364 e. The molecule has 0 saturated carbocycles. The lowest BCUT2D eigenvalue weighted by Crippen LogP contribution is -2.54. The van der Waals surface area contributed by atoms with Crippen molar-refractivity contribution in [2.75, 3.05) is 11.6 Å². The van der Waals surface area contributed by atoms with Gasteiger partial charge in [0.1, 0.15) is 11.0 Å². The smallest absolute Gasteiger partial charge is 0.222 e. The minimum absolute atomic E-state index is 0.000842. The second-order valence-electron chi connectivity index (χ2n) is 7.78. The molecule has 5 heteroatoms. The fourth-order valence-corrected chi connectivity index (χ4v) is 5.77. The molecule has 2 aliphatic heterocycles. The molecular formula is C24H34N2O2S. The van der Waals surface area contributed by atoms with Gasteiger partial charge in [-0.1, -0.05) is 44.2 Å². The Morgan fingerprint density at radius 1 is 1.14 bits per heavy atom. The van der Waals surface area contributed by atoms with Crippen molar-refractivity contribution in [3.05, 3.63) is 53.1 Å². The van der Waals surface area contributed by atoms with Crippen LogP contribution in [-0.4, -0.2) is 33.9 Å². The summed E-state index contributed by atoms with van der Waals surface area (Å²) < 4.78 is 0. The van der Waals surface area contributed by atoms with E-state index in [1.165, 1.54) is 17.3 Å². The van der Waals surface area contributed by atoms with Crippen molar-refractivity contribution in [1.82, 2.24) is 4.90 Å². The highest BCUT2D eigenvalue weighted by atomic mass is 32.2. The zero-order valence-electron chi connectivity index (χ0n) is 19.0. The first-order valence-electron chi connectivity index (χ1n) is 10.2. The predicted octanol–water partition coefficient (Wildman–Crippen LogP) is 5.52. The van der Waals surface area contributed by atoms with Crippen LogP contribution >= 0.6 is 11.8 Å². The van der Waals surface area contributed by atoms with Gasteiger partial charge in [-0.15, -0.1) is 11.8 Å². The highest BCUT2D eigenvalue weighted by molar-refractivity contribution is 8.00. The van der Waals surface area contributed by atoms with Crippen LogP contribution in [0.25, 0.3) is 0 Å². The molecule has 3 rings (SSSR count). The molecule has 1 saturated heterocycles. The van der Waals surface area contributed by atoms with E-state index in [0.717, 1.165) is 22.4 Å². The number of Topliss-reactive ketones (excluding diaryl/α,β-unsaturated/α-hetero) is 1. The van der Waals surface area contributed by atoms with Crippen molar-refractivity contribution >= 4 is 29.1 Å². The first-order chi connectivity index (χ1) is 13.6. The van der Waals surface area contributed by atoms with Crippen LogP contribution in [0.5, 0.6) is 0 Å². The molecule has 3 atom stereocenters. The highest BCUT2D eigenvalue weighted by Gasteiger charge is 2.67. The van der Waals surface area contributed by atoms with Crippen LogP contribution in [-0.2, 0) is 15.0 Å². The van der Waals surface area contributed by atoms with Crippen LogP contribution in [0.3, 0.4) is 0 Å². The van der Waals surface area contributed by atoms with E-state index in [4.69, 9.17) is 0 Å². The molecule has 1 N–H and O–H groups in total. The molecule has 1 aromatic rings. The van der Waals surface area contributed by atoms with Crippen LogP contribution in [0.4, 0.5) is 5.69 Å². The van der Waals surface area contributed by atoms with Crippen LogP contribution in [0.2, 0.25) is 0 Å². The zero-order valence-corrected chi connectivity index (χ0v) is 19.8. The topological polar surface area (TPSA) is 49.4 Å². The summed E-state index contributed by atoms with van der Waals surface area (Å²) in [5.74, 6) is -0.102. The SMILES string of the molecule is C=C(C(C)=C(C)C)[C@]12CC(SC)(C(C)=O)N(C(C)=O)[C@H]1Nc1ccccc12.CC. The van der Waals surface area contributed by atoms with Gasteiger partial charge in [-0.3, -0.25) is 14.5 Å². The minimum Gasteiger partial charge on any atom is -0.364 e. The fourth-order valence-electron chi connectivity index (χ4n) is 4.68. The summed E-state index contributed by atoms with van der Waals surface area (Å²) in [7, 11) is 0. The number of hydrogen-bond acceptors (Lipinski definition) is 4. The van der Waals surface area contributed by atoms with Gasteiger partial charge >= 0.3 is 0 Å². The van der Waals surface area contributed by atoms with E-state index in [9.17, 15) is 9.59 Å². The number of nitrogens with one attached hydrogen (secondary N) is 1. The molecular weight excluding hydrogens is 380 g/mol. The lowest BCUT2D eigenvalue weighted by molar-refractivity contribution is -0.138. The van der Waals surface area contributed by atoms with Crippen molar-refractivity contribution in [3.8, 4) is 0 Å². The van der Waals surface area contributed by atoms with Gasteiger partial charge in [0.15, 0.2) is 5.78 Å². The van der Waals surface area contributed by atoms with Gasteiger partial charge < -0.3 is 5.32 Å². The average Bonchev–Trinajstić information content (AvgIpc) is 3.17. The second-order valence-corrected chi connectivity index (χ2v) is 8.86. The van der Waals surface area contributed by atoms with E-state index < -0.39 is 10.3 Å². The third-order valence-electron chi connectivity index (χ3n) is 6.30. The molecule has 0 aromatic heterocycles. The summed E-state index contributed by atoms with van der Waals surface area (Å²) in [4.78, 5) is 26.5. The molecule has 0 spiro atoms. The summed E-state index contributed by atoms with van der Waals surface area (Å²) in [6.45, 7) is 17.8. The number of allylic oxidation sites excluding steroid dienone is 2. The van der Waals surface area contributed by atoms with Crippen LogP contribution < -0.4 is 5.32 Å². The molecule has 4 nitrogen and oxygen atoms in total. The first-order valence-corrected chi connectivity index (χ1v) is 11.4. The van der Waals surface area contributed by atoms with Gasteiger partial charge in [-0.2, -0.15) is 0 Å². The number of amides is 1. The van der Waals surface area contributed by atoms with Crippen LogP contribution in [0, 0.1) is 0 Å². The lowest BCUT2D eigenvalue weighted by Gasteiger charge is -2.37. The average molecular weight is 415 g/mol. The Balaban J connectivity index is 0.00000145. The van der Waals surface area contributed by atoms with E-state index in [1.807, 2.05) is 38.3 Å². The van der Waals surface area contributed by atoms with Crippen molar-refractivity contribution in [2.45, 2.75) is 71.3 Å². The van der Waals surface area contributed by atoms with Gasteiger partial charge in [0.2, 0.25) is 5.91 Å². The molecule has 29 heavy (non-hydrogen) atoms. The number of benzene rings is 1. The minimum atomic E-state index is -0.901. The Labute approximate surface area is 179 Å². The van der Waals surface area contributed by atoms with E-state index in [1.54, 1.807) is 18.7 Å². The summed E-state index contributed by atoms with van der Waals surface area (Å²) >= 11 is 1.45. The van der Waals surface area contributed by atoms with Crippen LogP contribution in [0.15, 0.2) is 47.6 Å². The summed E-state index contributed by atoms with van der Waals surface area (Å²) in [5.41, 5.74) is 4.89. The maximum absolute atomic E-state index is 12.8. The monoisotopic (exact) mass is 414 g/mol. The number of thioether (sulfide) groups is 1. The second kappa shape index (κ2) is 8.39. The molecule has 1 fully saturated rings. The molecule has 1 amide bonds. The Hall–Kier alpha value is -2.01. The van der Waals surface area contributed by atoms with E-state index in [2.05, 4.69) is 38.7 Å². The number of fused-ring (bicyclic) bond motifs is 3. The van der Waals surface area contributed by atoms with Crippen molar-refractivity contribution in [2.24, 2.45) is 0 Å². The number of para-hydroxylation sites is 1. The molecule has 0 aliphatic carbocycles. The Morgan fingerprint density at radius 3 is 2.21 bits per heavy atom. The molecule has 158 valence electrons. The highest BCUT2D eigenvalue weighted by Crippen LogP contribution is 2.61. The number of rotatable bonds is 4. The third kappa shape index (κ3) is 3.24. The predicted molar refractivity (Wildman–Crippen MR) is 124 cm³/mol. The Morgan fingerprint density at radius 2 is 1.72 bits per heavy atom. The van der Waals surface area contributed by atoms with Crippen molar-refractivity contribution in [3.63, 3.8) is 0 Å². The maximum atomic E-state index is 12.8. The number of carbonyl (C=O) groups excluding carboxylic acids is 2. The van der Waals surface area contributed by atoms with E-state index in [-0.39, 0.29) is 17.9 Å². The maximum Gasteiger partial charge on any atom is 0.222 e. The third-order valence-corrected chi connectivity index (χ3v) is 7.60. The number of anilines is 1. The quantitative estimate of drug-likeness (QED) is 0.660. The Bertz CT molecular complexity index is 871. The fraction of sp³-hybridized carbons (Fsp3) is 0.500. The molecule has 1 aromatic carbocycles. The lowest BCUT2D eigenvalue weighted by atomic mass is 9.69. The zero-order chi connectivity index (χ0) is 22.1. The molecule has 2 heterocycles. The number of ketones is 1. The van der Waals surface area contributed by atoms with Gasteiger partial charge in [0.25, 0.3) is 0 Å². The summed E-state index contributed by atoms with van der Waals surface area (Å²) in [6.07, 6.45) is 2.11. The van der Waals surface area contributed by atoms with E-state index >= 15 is 0 Å². The van der Waals surface area contributed by atoms with Crippen molar-refractivity contribution < 1.29 is 9.59 Å². The number of likely N-dealkylation sites (tertiary alicyclic amines) is 1. The van der Waals surface area contributed by atoms with Gasteiger partial charge in [0.05, 0.1) is 5.41 Å². The molecule has 0 bridgehead atoms. The number of hydrogen-bond donors (Lipinski definition) is 1. The van der Waals surface area contributed by atoms with Gasteiger partial charge in [-0.25, -0.2) is 0 Å². The summed E-state index contributed by atoms with van der Waals surface area (Å²) in [5, 5.41) is 3.54. The standard InChI is InChI=1S/C22H28N2O2S.C2H6/c1-13(2)14(3)15(4)21-12-22(27-7,16(5)25)24(17(6)26)20(21)23-19-11-9-8-10-18(19)21;1-2/h8-11,20,23H,4,12H2,1-3,5-7H3;1-2H3/t20-,21+,22?;/m1./s1. The number of nitrogens with zero attached hydrogens (tertiary/aromatic N) is 1. The summed E-state index contributed by atoms with van der Waals surface area (Å²) in [6, 6.07) is 8.14. The van der Waals surface area contributed by atoms with Gasteiger partial charge in [0, 0.05) is 19.0 Å². The Kier molecular flexibility index (Phi) is 6.73. The molecule has 2 aliphatic rings. The first kappa shape index (κ1) is 23.3. The van der Waals surface area contributed by atoms with Crippen LogP contribution in [0.1, 0.15) is 60.5 Å². The number of carbonyl (C=O) groups is 2.